The first-order valence-corrected chi connectivity index (χ1v) is 11.5. The van der Waals surface area contributed by atoms with Crippen molar-refractivity contribution < 1.29 is 28.4 Å². The lowest BCUT2D eigenvalue weighted by Crippen LogP contribution is -2.24. The fourth-order valence-electron chi connectivity index (χ4n) is 3.15. The van der Waals surface area contributed by atoms with Gasteiger partial charge in [-0.1, -0.05) is 17.7 Å². The Morgan fingerprint density at radius 3 is 2.66 bits per heavy atom. The van der Waals surface area contributed by atoms with Crippen LogP contribution in [-0.4, -0.2) is 29.3 Å². The summed E-state index contributed by atoms with van der Waals surface area (Å²) in [5, 5.41) is 16.8. The highest BCUT2D eigenvalue weighted by Gasteiger charge is 2.20. The lowest BCUT2D eigenvalue weighted by molar-refractivity contribution is -0.387. The second-order valence-corrected chi connectivity index (χ2v) is 8.72. The number of halogens is 2. The van der Waals surface area contributed by atoms with Crippen LogP contribution in [0.5, 0.6) is 11.5 Å². The van der Waals surface area contributed by atoms with E-state index < -0.39 is 16.6 Å². The number of benzene rings is 3. The maximum atomic E-state index is 13.9. The summed E-state index contributed by atoms with van der Waals surface area (Å²) in [6.45, 7) is 0.400. The molecule has 0 atom stereocenters. The zero-order chi connectivity index (χ0) is 24.9. The fraction of sp³-hybridized carbons (Fsp3) is 0.130. The SMILES string of the molecule is O=C(CSc1ccc(C(=O)Nc2ccc(Cl)cc2F)cc1[N+](=O)[O-])NCc1ccc2c(c1)OCO2. The Labute approximate surface area is 207 Å². The van der Waals surface area contributed by atoms with Crippen LogP contribution in [0, 0.1) is 15.9 Å². The number of nitrogens with zero attached hydrogens (tertiary/aromatic N) is 1. The zero-order valence-electron chi connectivity index (χ0n) is 17.9. The average molecular weight is 518 g/mol. The van der Waals surface area contributed by atoms with Gasteiger partial charge in [0, 0.05) is 23.2 Å². The number of carbonyl (C=O) groups is 2. The van der Waals surface area contributed by atoms with Gasteiger partial charge in [-0.2, -0.15) is 0 Å². The number of fused-ring (bicyclic) bond motifs is 1. The van der Waals surface area contributed by atoms with Crippen molar-refractivity contribution in [2.24, 2.45) is 0 Å². The van der Waals surface area contributed by atoms with Crippen LogP contribution in [0.2, 0.25) is 5.02 Å². The van der Waals surface area contributed by atoms with Gasteiger partial charge in [0.1, 0.15) is 5.82 Å². The van der Waals surface area contributed by atoms with Crippen LogP contribution in [0.1, 0.15) is 15.9 Å². The molecule has 1 aliphatic rings. The molecule has 2 amide bonds. The summed E-state index contributed by atoms with van der Waals surface area (Å²) < 4.78 is 24.5. The molecule has 180 valence electrons. The van der Waals surface area contributed by atoms with E-state index in [1.165, 1.54) is 24.3 Å². The first kappa shape index (κ1) is 24.3. The van der Waals surface area contributed by atoms with E-state index in [1.807, 2.05) is 0 Å². The van der Waals surface area contributed by atoms with E-state index in [9.17, 15) is 24.1 Å². The highest BCUT2D eigenvalue weighted by atomic mass is 35.5. The van der Waals surface area contributed by atoms with Gasteiger partial charge in [0.05, 0.1) is 21.3 Å². The number of ether oxygens (including phenoxy) is 2. The molecule has 0 unspecified atom stereocenters. The van der Waals surface area contributed by atoms with Gasteiger partial charge in [0.2, 0.25) is 12.7 Å². The summed E-state index contributed by atoms with van der Waals surface area (Å²) in [6, 6.07) is 12.9. The van der Waals surface area contributed by atoms with Gasteiger partial charge in [-0.15, -0.1) is 11.8 Å². The maximum Gasteiger partial charge on any atom is 0.283 e. The Morgan fingerprint density at radius 1 is 1.09 bits per heavy atom. The molecular weight excluding hydrogens is 501 g/mol. The molecule has 0 fully saturated rings. The van der Waals surface area contributed by atoms with Crippen LogP contribution < -0.4 is 20.1 Å². The summed E-state index contributed by atoms with van der Waals surface area (Å²) in [6.07, 6.45) is 0. The molecule has 0 bridgehead atoms. The zero-order valence-corrected chi connectivity index (χ0v) is 19.5. The van der Waals surface area contributed by atoms with E-state index in [4.69, 9.17) is 21.1 Å². The van der Waals surface area contributed by atoms with E-state index in [1.54, 1.807) is 18.2 Å². The molecule has 9 nitrogen and oxygen atoms in total. The molecule has 1 heterocycles. The third-order valence-corrected chi connectivity index (χ3v) is 6.18. The predicted octanol–water partition coefficient (Wildman–Crippen LogP) is 4.78. The number of rotatable bonds is 8. The van der Waals surface area contributed by atoms with E-state index in [0.717, 1.165) is 29.5 Å². The number of nitrogens with one attached hydrogen (secondary N) is 2. The second-order valence-electron chi connectivity index (χ2n) is 7.27. The summed E-state index contributed by atoms with van der Waals surface area (Å²) in [5.41, 5.74) is 0.316. The Balaban J connectivity index is 1.37. The normalized spacial score (nSPS) is 11.7. The van der Waals surface area contributed by atoms with Crippen molar-refractivity contribution in [1.29, 1.82) is 0 Å². The molecule has 0 aromatic heterocycles. The molecule has 1 aliphatic heterocycles. The van der Waals surface area contributed by atoms with E-state index in [-0.39, 0.29) is 51.9 Å². The molecule has 3 aromatic rings. The van der Waals surface area contributed by atoms with Crippen molar-refractivity contribution in [1.82, 2.24) is 5.32 Å². The molecule has 0 aliphatic carbocycles. The Bertz CT molecular complexity index is 1320. The van der Waals surface area contributed by atoms with E-state index in [2.05, 4.69) is 10.6 Å². The van der Waals surface area contributed by atoms with Gasteiger partial charge in [0.15, 0.2) is 11.5 Å². The molecular formula is C23H17ClFN3O6S. The van der Waals surface area contributed by atoms with Crippen molar-refractivity contribution in [2.75, 3.05) is 17.9 Å². The first-order chi connectivity index (χ1) is 16.8. The lowest BCUT2D eigenvalue weighted by atomic mass is 10.2. The van der Waals surface area contributed by atoms with Crippen LogP contribution in [0.25, 0.3) is 0 Å². The topological polar surface area (TPSA) is 120 Å². The number of amides is 2. The smallest absolute Gasteiger partial charge is 0.283 e. The monoisotopic (exact) mass is 517 g/mol. The number of hydrogen-bond donors (Lipinski definition) is 2. The number of nitro groups is 1. The minimum absolute atomic E-state index is 0.0392. The first-order valence-electron chi connectivity index (χ1n) is 10.1. The molecule has 12 heteroatoms. The third-order valence-electron chi connectivity index (χ3n) is 4.88. The summed E-state index contributed by atoms with van der Waals surface area (Å²) >= 11 is 6.66. The molecule has 35 heavy (non-hydrogen) atoms. The predicted molar refractivity (Wildman–Crippen MR) is 128 cm³/mol. The molecule has 3 aromatic carbocycles. The number of nitro benzene ring substituents is 1. The van der Waals surface area contributed by atoms with Gasteiger partial charge in [-0.25, -0.2) is 4.39 Å². The molecule has 0 spiro atoms. The largest absolute Gasteiger partial charge is 0.454 e. The van der Waals surface area contributed by atoms with Crippen LogP contribution in [0.4, 0.5) is 15.8 Å². The molecule has 0 saturated heterocycles. The number of anilines is 1. The number of carbonyl (C=O) groups excluding carboxylic acids is 2. The summed E-state index contributed by atoms with van der Waals surface area (Å²) in [5.74, 6) is -0.635. The van der Waals surface area contributed by atoms with Crippen LogP contribution in [0.15, 0.2) is 59.5 Å². The van der Waals surface area contributed by atoms with Crippen molar-refractivity contribution in [3.63, 3.8) is 0 Å². The molecule has 0 radical (unpaired) electrons. The minimum atomic E-state index is -0.737. The summed E-state index contributed by atoms with van der Waals surface area (Å²) in [4.78, 5) is 35.9. The maximum absolute atomic E-state index is 13.9. The molecule has 4 rings (SSSR count). The summed E-state index contributed by atoms with van der Waals surface area (Å²) in [7, 11) is 0. The van der Waals surface area contributed by atoms with Gasteiger partial charge >= 0.3 is 0 Å². The fourth-order valence-corrected chi connectivity index (χ4v) is 4.15. The van der Waals surface area contributed by atoms with Gasteiger partial charge in [-0.3, -0.25) is 19.7 Å². The van der Waals surface area contributed by atoms with Gasteiger partial charge in [0.25, 0.3) is 11.6 Å². The van der Waals surface area contributed by atoms with Crippen molar-refractivity contribution in [3.8, 4) is 11.5 Å². The molecule has 2 N–H and O–H groups in total. The second kappa shape index (κ2) is 10.6. The Morgan fingerprint density at radius 2 is 1.89 bits per heavy atom. The third kappa shape index (κ3) is 6.00. The average Bonchev–Trinajstić information content (AvgIpc) is 3.31. The number of thioether (sulfide) groups is 1. The van der Waals surface area contributed by atoms with Crippen molar-refractivity contribution >= 4 is 46.6 Å². The van der Waals surface area contributed by atoms with Crippen LogP contribution in [0.3, 0.4) is 0 Å². The highest BCUT2D eigenvalue weighted by Crippen LogP contribution is 2.33. The van der Waals surface area contributed by atoms with Crippen LogP contribution >= 0.6 is 23.4 Å². The highest BCUT2D eigenvalue weighted by molar-refractivity contribution is 8.00. The van der Waals surface area contributed by atoms with Crippen molar-refractivity contribution in [2.45, 2.75) is 11.4 Å². The van der Waals surface area contributed by atoms with Gasteiger partial charge in [-0.05, 0) is 48.0 Å². The van der Waals surface area contributed by atoms with Gasteiger partial charge < -0.3 is 20.1 Å². The lowest BCUT2D eigenvalue weighted by Gasteiger charge is -2.09. The van der Waals surface area contributed by atoms with Crippen LogP contribution in [-0.2, 0) is 11.3 Å². The van der Waals surface area contributed by atoms with E-state index >= 15 is 0 Å². The minimum Gasteiger partial charge on any atom is -0.454 e. The Kier molecular flexibility index (Phi) is 7.37. The Hall–Kier alpha value is -3.83. The molecule has 0 saturated carbocycles. The quantitative estimate of drug-likeness (QED) is 0.251. The standard InChI is InChI=1S/C23H17ClFN3O6S/c24-15-3-4-17(16(25)9-15)27-23(30)14-2-6-21(18(8-14)28(31)32)35-11-22(29)26-10-13-1-5-19-20(7-13)34-12-33-19/h1-9H,10-12H2,(H,26,29)(H,27,30). The van der Waals surface area contributed by atoms with E-state index in [0.29, 0.717) is 11.5 Å². The van der Waals surface area contributed by atoms with Crippen molar-refractivity contribution in [3.05, 3.63) is 86.7 Å². The number of hydrogen-bond acceptors (Lipinski definition) is 7.